The maximum absolute atomic E-state index is 12.5. The van der Waals surface area contributed by atoms with E-state index in [-0.39, 0.29) is 5.75 Å². The number of halogens is 4. The second-order valence-corrected chi connectivity index (χ2v) is 4.69. The van der Waals surface area contributed by atoms with E-state index in [2.05, 4.69) is 0 Å². The third kappa shape index (κ3) is 4.17. The zero-order valence-electron chi connectivity index (χ0n) is 10.5. The highest BCUT2D eigenvalue weighted by Gasteiger charge is 2.30. The number of ether oxygens (including phenoxy) is 1. The fourth-order valence-electron chi connectivity index (χ4n) is 1.74. The Morgan fingerprint density at radius 2 is 1.75 bits per heavy atom. The molecule has 1 nitrogen and oxygen atoms in total. The van der Waals surface area contributed by atoms with Crippen LogP contribution in [0.25, 0.3) is 0 Å². The molecule has 2 aromatic carbocycles. The minimum absolute atomic E-state index is 0.210. The lowest BCUT2D eigenvalue weighted by Gasteiger charge is -2.10. The summed E-state index contributed by atoms with van der Waals surface area (Å²) in [6, 6.07) is 12.1. The van der Waals surface area contributed by atoms with Crippen LogP contribution in [-0.4, -0.2) is 6.61 Å². The molecule has 0 N–H and O–H groups in total. The average Bonchev–Trinajstić information content (AvgIpc) is 2.38. The molecule has 106 valence electrons. The Morgan fingerprint density at radius 3 is 2.45 bits per heavy atom. The SMILES string of the molecule is FC(F)(F)c1cccc(OCCc2cccc(Cl)c2)c1. The smallest absolute Gasteiger partial charge is 0.416 e. The van der Waals surface area contributed by atoms with E-state index in [4.69, 9.17) is 16.3 Å². The minimum Gasteiger partial charge on any atom is -0.493 e. The number of benzene rings is 2. The van der Waals surface area contributed by atoms with Crippen molar-refractivity contribution >= 4 is 11.6 Å². The van der Waals surface area contributed by atoms with Crippen LogP contribution in [0.15, 0.2) is 48.5 Å². The molecule has 0 saturated carbocycles. The predicted octanol–water partition coefficient (Wildman–Crippen LogP) is 4.98. The third-order valence-electron chi connectivity index (χ3n) is 2.71. The monoisotopic (exact) mass is 300 g/mol. The lowest BCUT2D eigenvalue weighted by atomic mass is 10.2. The minimum atomic E-state index is -4.35. The molecule has 0 aliphatic heterocycles. The van der Waals surface area contributed by atoms with Gasteiger partial charge in [-0.1, -0.05) is 29.8 Å². The molecular formula is C15H12ClF3O. The number of hydrogen-bond acceptors (Lipinski definition) is 1. The topological polar surface area (TPSA) is 9.23 Å². The normalized spacial score (nSPS) is 11.4. The van der Waals surface area contributed by atoms with Crippen molar-refractivity contribution in [2.24, 2.45) is 0 Å². The molecule has 2 rings (SSSR count). The van der Waals surface area contributed by atoms with E-state index in [1.54, 1.807) is 12.1 Å². The standard InChI is InChI=1S/C15H12ClF3O/c16-13-5-1-3-11(9-13)7-8-20-14-6-2-4-12(10-14)15(17,18)19/h1-6,9-10H,7-8H2. The van der Waals surface area contributed by atoms with Gasteiger partial charge in [0.05, 0.1) is 12.2 Å². The summed E-state index contributed by atoms with van der Waals surface area (Å²) >= 11 is 5.85. The number of rotatable bonds is 4. The summed E-state index contributed by atoms with van der Waals surface area (Å²) < 4.78 is 42.9. The molecular weight excluding hydrogens is 289 g/mol. The highest BCUT2D eigenvalue weighted by Crippen LogP contribution is 2.31. The highest BCUT2D eigenvalue weighted by molar-refractivity contribution is 6.30. The van der Waals surface area contributed by atoms with Gasteiger partial charge in [0.25, 0.3) is 0 Å². The van der Waals surface area contributed by atoms with Crippen molar-refractivity contribution in [2.45, 2.75) is 12.6 Å². The molecule has 0 amide bonds. The molecule has 0 bridgehead atoms. The quantitative estimate of drug-likeness (QED) is 0.773. The van der Waals surface area contributed by atoms with Crippen molar-refractivity contribution in [1.29, 1.82) is 0 Å². The predicted molar refractivity (Wildman–Crippen MR) is 72.1 cm³/mol. The maximum atomic E-state index is 12.5. The van der Waals surface area contributed by atoms with Crippen LogP contribution in [0.2, 0.25) is 5.02 Å². The largest absolute Gasteiger partial charge is 0.493 e. The van der Waals surface area contributed by atoms with E-state index in [1.165, 1.54) is 12.1 Å². The Hall–Kier alpha value is -1.68. The fourth-order valence-corrected chi connectivity index (χ4v) is 1.95. The Morgan fingerprint density at radius 1 is 1.00 bits per heavy atom. The van der Waals surface area contributed by atoms with Crippen molar-refractivity contribution in [3.8, 4) is 5.75 Å². The summed E-state index contributed by atoms with van der Waals surface area (Å²) in [6.07, 6.45) is -3.77. The van der Waals surface area contributed by atoms with Gasteiger partial charge in [-0.2, -0.15) is 13.2 Å². The van der Waals surface area contributed by atoms with Gasteiger partial charge in [-0.15, -0.1) is 0 Å². The fraction of sp³-hybridized carbons (Fsp3) is 0.200. The first-order chi connectivity index (χ1) is 9.45. The number of alkyl halides is 3. The Balaban J connectivity index is 1.94. The van der Waals surface area contributed by atoms with Gasteiger partial charge in [-0.25, -0.2) is 0 Å². The molecule has 0 fully saturated rings. The molecule has 0 spiro atoms. The van der Waals surface area contributed by atoms with Gasteiger partial charge < -0.3 is 4.74 Å². The first-order valence-electron chi connectivity index (χ1n) is 6.00. The van der Waals surface area contributed by atoms with Crippen LogP contribution in [0.1, 0.15) is 11.1 Å². The zero-order chi connectivity index (χ0) is 14.6. The first kappa shape index (κ1) is 14.7. The maximum Gasteiger partial charge on any atom is 0.416 e. The van der Waals surface area contributed by atoms with Crippen LogP contribution in [0.4, 0.5) is 13.2 Å². The van der Waals surface area contributed by atoms with Crippen molar-refractivity contribution in [3.05, 3.63) is 64.7 Å². The average molecular weight is 301 g/mol. The Kier molecular flexibility index (Phi) is 4.55. The van der Waals surface area contributed by atoms with Gasteiger partial charge in [0.15, 0.2) is 0 Å². The van der Waals surface area contributed by atoms with E-state index < -0.39 is 11.7 Å². The van der Waals surface area contributed by atoms with Crippen molar-refractivity contribution < 1.29 is 17.9 Å². The summed E-state index contributed by atoms with van der Waals surface area (Å²) in [6.45, 7) is 0.293. The van der Waals surface area contributed by atoms with E-state index in [1.807, 2.05) is 12.1 Å². The molecule has 0 radical (unpaired) electrons. The first-order valence-corrected chi connectivity index (χ1v) is 6.37. The Bertz CT molecular complexity index is 581. The summed E-state index contributed by atoms with van der Waals surface area (Å²) in [7, 11) is 0. The molecule has 0 saturated heterocycles. The molecule has 0 atom stereocenters. The number of hydrogen-bond donors (Lipinski definition) is 0. The molecule has 0 unspecified atom stereocenters. The van der Waals surface area contributed by atoms with Crippen LogP contribution in [0.5, 0.6) is 5.75 Å². The van der Waals surface area contributed by atoms with Gasteiger partial charge in [-0.05, 0) is 35.9 Å². The second-order valence-electron chi connectivity index (χ2n) is 4.25. The molecule has 0 aliphatic rings. The summed E-state index contributed by atoms with van der Waals surface area (Å²) in [5.41, 5.74) is 0.266. The summed E-state index contributed by atoms with van der Waals surface area (Å²) in [5.74, 6) is 0.210. The van der Waals surface area contributed by atoms with Crippen LogP contribution in [-0.2, 0) is 12.6 Å². The molecule has 20 heavy (non-hydrogen) atoms. The van der Waals surface area contributed by atoms with Gasteiger partial charge in [0.2, 0.25) is 0 Å². The van der Waals surface area contributed by atoms with Crippen LogP contribution >= 0.6 is 11.6 Å². The second kappa shape index (κ2) is 6.18. The molecule has 0 heterocycles. The van der Waals surface area contributed by atoms with Gasteiger partial charge >= 0.3 is 6.18 Å². The third-order valence-corrected chi connectivity index (χ3v) is 2.94. The van der Waals surface area contributed by atoms with E-state index in [9.17, 15) is 13.2 Å². The van der Waals surface area contributed by atoms with Crippen LogP contribution in [0.3, 0.4) is 0 Å². The van der Waals surface area contributed by atoms with E-state index in [0.29, 0.717) is 18.1 Å². The summed E-state index contributed by atoms with van der Waals surface area (Å²) in [5, 5.41) is 0.626. The highest BCUT2D eigenvalue weighted by atomic mass is 35.5. The molecule has 5 heteroatoms. The lowest BCUT2D eigenvalue weighted by Crippen LogP contribution is -2.06. The van der Waals surface area contributed by atoms with Crippen LogP contribution < -0.4 is 4.74 Å². The van der Waals surface area contributed by atoms with Gasteiger partial charge in [0.1, 0.15) is 5.75 Å². The molecule has 0 aromatic heterocycles. The molecule has 2 aromatic rings. The van der Waals surface area contributed by atoms with Gasteiger partial charge in [0, 0.05) is 11.4 Å². The van der Waals surface area contributed by atoms with Crippen molar-refractivity contribution in [3.63, 3.8) is 0 Å². The van der Waals surface area contributed by atoms with E-state index >= 15 is 0 Å². The Labute approximate surface area is 119 Å². The van der Waals surface area contributed by atoms with Crippen molar-refractivity contribution in [1.82, 2.24) is 0 Å². The van der Waals surface area contributed by atoms with E-state index in [0.717, 1.165) is 17.7 Å². The van der Waals surface area contributed by atoms with Gasteiger partial charge in [-0.3, -0.25) is 0 Å². The van der Waals surface area contributed by atoms with Crippen molar-refractivity contribution in [2.75, 3.05) is 6.61 Å². The van der Waals surface area contributed by atoms with Crippen LogP contribution in [0, 0.1) is 0 Å². The molecule has 0 aliphatic carbocycles. The zero-order valence-corrected chi connectivity index (χ0v) is 11.2. The summed E-state index contributed by atoms with van der Waals surface area (Å²) in [4.78, 5) is 0. The lowest BCUT2D eigenvalue weighted by molar-refractivity contribution is -0.137.